The van der Waals surface area contributed by atoms with Gasteiger partial charge in [-0.3, -0.25) is 0 Å². The Hall–Kier alpha value is -1.28. The van der Waals surface area contributed by atoms with Crippen LogP contribution in [0.2, 0.25) is 0 Å². The number of fused-ring (bicyclic) bond motifs is 4. The fraction of sp³-hybridized carbons (Fsp3) is 0.795. The van der Waals surface area contributed by atoms with Crippen molar-refractivity contribution >= 4 is 0 Å². The quantitative estimate of drug-likeness (QED) is 0.359. The van der Waals surface area contributed by atoms with Crippen molar-refractivity contribution in [3.63, 3.8) is 0 Å². The standard InChI is InChI=1S/C39H56O6/c1-33(2)20-42-36(6,43-21-33)26-8-10-28-25(16-26)17-37-14-15-39(44-22-34(3,4)23-45-39)18-27(37)9-11-29-31-12-13-38(40,24-41-7)35(31,5)19-30(28)32(29)37/h8-10,16,29-32,40H,11-15,17-24H2,1-7H3/t29-,30?,31-,32?,35-,37+,38+/m0/s1. The Morgan fingerprint density at radius 2 is 1.56 bits per heavy atom. The Morgan fingerprint density at radius 1 is 0.867 bits per heavy atom. The maximum atomic E-state index is 12.2. The molecule has 248 valence electrons. The molecule has 45 heavy (non-hydrogen) atoms. The van der Waals surface area contributed by atoms with Crippen molar-refractivity contribution in [3.05, 3.63) is 46.5 Å². The van der Waals surface area contributed by atoms with E-state index in [1.54, 1.807) is 12.7 Å². The van der Waals surface area contributed by atoms with Gasteiger partial charge in [0.25, 0.3) is 0 Å². The molecule has 3 saturated carbocycles. The first-order valence-corrected chi connectivity index (χ1v) is 17.8. The summed E-state index contributed by atoms with van der Waals surface area (Å²) >= 11 is 0. The summed E-state index contributed by atoms with van der Waals surface area (Å²) in [5.41, 5.74) is 4.81. The minimum Gasteiger partial charge on any atom is -0.387 e. The zero-order valence-electron chi connectivity index (χ0n) is 28.8. The SMILES string of the molecule is COC[C@]1(O)CC[C@H]2[C@@H]3CC=C4CC5(CC[C@@]46Cc4cc(C7(C)OCC(C)(C)CO7)ccc4C(C[C@@]21C)C36)OCC(C)(C)CO5. The molecule has 1 aromatic rings. The number of benzene rings is 1. The third kappa shape index (κ3) is 4.48. The molecule has 0 amide bonds. The van der Waals surface area contributed by atoms with E-state index in [2.05, 4.69) is 65.8 Å². The lowest BCUT2D eigenvalue weighted by Gasteiger charge is -2.66. The first-order valence-electron chi connectivity index (χ1n) is 17.8. The van der Waals surface area contributed by atoms with Gasteiger partial charge in [-0.2, -0.15) is 0 Å². The second kappa shape index (κ2) is 9.89. The molecule has 5 fully saturated rings. The predicted molar refractivity (Wildman–Crippen MR) is 173 cm³/mol. The van der Waals surface area contributed by atoms with E-state index in [1.165, 1.54) is 11.1 Å². The van der Waals surface area contributed by atoms with Gasteiger partial charge in [0.2, 0.25) is 0 Å². The monoisotopic (exact) mass is 620 g/mol. The van der Waals surface area contributed by atoms with Gasteiger partial charge < -0.3 is 28.8 Å². The maximum Gasteiger partial charge on any atom is 0.191 e. The fourth-order valence-corrected chi connectivity index (χ4v) is 11.4. The molecule has 1 aromatic carbocycles. The molecule has 8 rings (SSSR count). The van der Waals surface area contributed by atoms with E-state index < -0.39 is 17.2 Å². The van der Waals surface area contributed by atoms with Crippen LogP contribution in [0.25, 0.3) is 0 Å². The molecule has 0 radical (unpaired) electrons. The normalized spacial score (nSPS) is 43.4. The summed E-state index contributed by atoms with van der Waals surface area (Å²) in [5.74, 6) is 0.779. The molecular formula is C39H56O6. The van der Waals surface area contributed by atoms with Gasteiger partial charge >= 0.3 is 0 Å². The molecule has 1 N–H and O–H groups in total. The topological polar surface area (TPSA) is 66.4 Å². The molecule has 2 saturated heterocycles. The smallest absolute Gasteiger partial charge is 0.191 e. The van der Waals surface area contributed by atoms with E-state index in [0.717, 1.165) is 70.1 Å². The molecule has 6 heteroatoms. The van der Waals surface area contributed by atoms with Gasteiger partial charge in [-0.25, -0.2) is 0 Å². The Morgan fingerprint density at radius 3 is 2.24 bits per heavy atom. The van der Waals surface area contributed by atoms with Crippen molar-refractivity contribution in [2.24, 2.45) is 39.4 Å². The van der Waals surface area contributed by atoms with Gasteiger partial charge in [0.1, 0.15) is 0 Å². The Balaban J connectivity index is 1.22. The third-order valence-corrected chi connectivity index (χ3v) is 14.0. The number of allylic oxidation sites excluding steroid dienone is 1. The highest BCUT2D eigenvalue weighted by atomic mass is 16.7. The van der Waals surface area contributed by atoms with Gasteiger partial charge in [0.05, 0.1) is 38.6 Å². The molecule has 6 nitrogen and oxygen atoms in total. The van der Waals surface area contributed by atoms with Crippen molar-refractivity contribution in [2.45, 2.75) is 116 Å². The van der Waals surface area contributed by atoms with Crippen molar-refractivity contribution in [3.8, 4) is 0 Å². The number of ether oxygens (including phenoxy) is 5. The molecule has 2 spiro atoms. The number of methoxy groups -OCH3 is 1. The molecule has 7 atom stereocenters. The molecule has 7 aliphatic rings. The lowest BCUT2D eigenvalue weighted by Crippen LogP contribution is -2.62. The third-order valence-electron chi connectivity index (χ3n) is 14.0. The summed E-state index contributed by atoms with van der Waals surface area (Å²) < 4.78 is 31.9. The van der Waals surface area contributed by atoms with Gasteiger partial charge in [0, 0.05) is 41.8 Å². The van der Waals surface area contributed by atoms with E-state index in [1.807, 2.05) is 0 Å². The zero-order chi connectivity index (χ0) is 31.7. The minimum absolute atomic E-state index is 0.0155. The number of hydrogen-bond acceptors (Lipinski definition) is 6. The van der Waals surface area contributed by atoms with E-state index >= 15 is 0 Å². The highest BCUT2D eigenvalue weighted by molar-refractivity contribution is 5.46. The molecule has 5 aliphatic carbocycles. The van der Waals surface area contributed by atoms with Gasteiger partial charge in [-0.1, -0.05) is 64.5 Å². The van der Waals surface area contributed by atoms with E-state index in [4.69, 9.17) is 23.7 Å². The van der Waals surface area contributed by atoms with Gasteiger partial charge in [-0.05, 0) is 85.7 Å². The van der Waals surface area contributed by atoms with Crippen molar-refractivity contribution in [2.75, 3.05) is 40.1 Å². The highest BCUT2D eigenvalue weighted by Crippen LogP contribution is 2.73. The average Bonchev–Trinajstić information content (AvgIpc) is 3.26. The van der Waals surface area contributed by atoms with E-state index in [-0.39, 0.29) is 21.7 Å². The van der Waals surface area contributed by atoms with Gasteiger partial charge in [-0.15, -0.1) is 0 Å². The summed E-state index contributed by atoms with van der Waals surface area (Å²) in [4.78, 5) is 0. The largest absolute Gasteiger partial charge is 0.387 e. The van der Waals surface area contributed by atoms with Crippen LogP contribution in [0.1, 0.15) is 109 Å². The summed E-state index contributed by atoms with van der Waals surface area (Å²) in [6, 6.07) is 7.10. The Kier molecular flexibility index (Phi) is 6.81. The van der Waals surface area contributed by atoms with Crippen LogP contribution in [0.15, 0.2) is 29.8 Å². The Labute approximate surface area is 270 Å². The van der Waals surface area contributed by atoms with E-state index in [0.29, 0.717) is 43.5 Å². The second-order valence-corrected chi connectivity index (χ2v) is 18.3. The zero-order valence-corrected chi connectivity index (χ0v) is 28.8. The van der Waals surface area contributed by atoms with Gasteiger partial charge in [0.15, 0.2) is 11.6 Å². The predicted octanol–water partition coefficient (Wildman–Crippen LogP) is 7.27. The average molecular weight is 621 g/mol. The maximum absolute atomic E-state index is 12.2. The number of aliphatic hydroxyl groups is 1. The second-order valence-electron chi connectivity index (χ2n) is 18.3. The molecule has 2 heterocycles. The lowest BCUT2D eigenvalue weighted by molar-refractivity contribution is -0.312. The van der Waals surface area contributed by atoms with Crippen LogP contribution in [0, 0.1) is 39.4 Å². The van der Waals surface area contributed by atoms with Crippen LogP contribution in [0.5, 0.6) is 0 Å². The molecular weight excluding hydrogens is 564 g/mol. The molecule has 2 aliphatic heterocycles. The van der Waals surface area contributed by atoms with Crippen molar-refractivity contribution in [1.29, 1.82) is 0 Å². The van der Waals surface area contributed by atoms with Crippen LogP contribution < -0.4 is 0 Å². The van der Waals surface area contributed by atoms with Crippen LogP contribution >= 0.6 is 0 Å². The van der Waals surface area contributed by atoms with Crippen LogP contribution in [-0.4, -0.2) is 56.6 Å². The van der Waals surface area contributed by atoms with E-state index in [9.17, 15) is 5.11 Å². The summed E-state index contributed by atoms with van der Waals surface area (Å²) in [7, 11) is 1.74. The molecule has 0 aromatic heterocycles. The Bertz CT molecular complexity index is 1380. The summed E-state index contributed by atoms with van der Waals surface area (Å²) in [6.07, 6.45) is 10.6. The number of hydrogen-bond donors (Lipinski definition) is 1. The molecule has 0 bridgehead atoms. The summed E-state index contributed by atoms with van der Waals surface area (Å²) in [6.45, 7) is 16.6. The summed E-state index contributed by atoms with van der Waals surface area (Å²) in [5, 5.41) is 12.2. The number of rotatable bonds is 3. The van der Waals surface area contributed by atoms with Crippen LogP contribution in [0.4, 0.5) is 0 Å². The van der Waals surface area contributed by atoms with Crippen molar-refractivity contribution < 1.29 is 28.8 Å². The minimum atomic E-state index is -0.788. The first kappa shape index (κ1) is 31.0. The van der Waals surface area contributed by atoms with Crippen LogP contribution in [-0.2, 0) is 35.9 Å². The first-order chi connectivity index (χ1) is 21.2. The highest BCUT2D eigenvalue weighted by Gasteiger charge is 2.69. The molecule has 2 unspecified atom stereocenters. The fourth-order valence-electron chi connectivity index (χ4n) is 11.4. The lowest BCUT2D eigenvalue weighted by atomic mass is 9.40. The van der Waals surface area contributed by atoms with Crippen LogP contribution in [0.3, 0.4) is 0 Å². The van der Waals surface area contributed by atoms with Crippen molar-refractivity contribution in [1.82, 2.24) is 0 Å².